The molecule has 0 fully saturated rings. The highest BCUT2D eigenvalue weighted by molar-refractivity contribution is 5.97. The number of nitrogens with zero attached hydrogens (tertiary/aromatic N) is 2. The van der Waals surface area contributed by atoms with Crippen LogP contribution in [-0.4, -0.2) is 105 Å². The number of benzene rings is 3. The van der Waals surface area contributed by atoms with Crippen LogP contribution in [0.1, 0.15) is 102 Å². The summed E-state index contributed by atoms with van der Waals surface area (Å²) in [7, 11) is 0. The maximum absolute atomic E-state index is 13.9. The predicted octanol–water partition coefficient (Wildman–Crippen LogP) is 7.86. The minimum Gasteiger partial charge on any atom is -0.486 e. The SMILES string of the molecule is CCN(CC)c1ccc2nc3c4cc(OCC(=O)CC(COCCC(=O)OC(C)(C)C)(COCCC(=O)OC(C)(C)C)COCCC(=O)OC(C)(C)C)ccc4c(=O)cc-3oc2c1. The van der Waals surface area contributed by atoms with Crippen molar-refractivity contribution in [3.8, 4) is 17.2 Å². The molecule has 346 valence electrons. The Morgan fingerprint density at radius 2 is 1.16 bits per heavy atom. The smallest absolute Gasteiger partial charge is 0.308 e. The summed E-state index contributed by atoms with van der Waals surface area (Å²) in [5, 5.41) is 0.919. The lowest BCUT2D eigenvalue weighted by molar-refractivity contribution is -0.157. The molecule has 2 aromatic rings. The Balaban J connectivity index is 1.57. The zero-order valence-corrected chi connectivity index (χ0v) is 38.9. The highest BCUT2D eigenvalue weighted by atomic mass is 16.6. The van der Waals surface area contributed by atoms with E-state index in [2.05, 4.69) is 18.7 Å². The molecule has 0 radical (unpaired) electrons. The molecule has 1 aliphatic heterocycles. The molecule has 63 heavy (non-hydrogen) atoms. The van der Waals surface area contributed by atoms with Crippen molar-refractivity contribution in [2.75, 3.05) is 64.2 Å². The Morgan fingerprint density at radius 3 is 1.63 bits per heavy atom. The maximum Gasteiger partial charge on any atom is 0.308 e. The van der Waals surface area contributed by atoms with Gasteiger partial charge in [-0.2, -0.15) is 0 Å². The molecule has 2 aromatic carbocycles. The van der Waals surface area contributed by atoms with Crippen LogP contribution in [0.3, 0.4) is 0 Å². The van der Waals surface area contributed by atoms with Crippen LogP contribution in [0.4, 0.5) is 5.69 Å². The van der Waals surface area contributed by atoms with Crippen molar-refractivity contribution >= 4 is 51.3 Å². The van der Waals surface area contributed by atoms with Crippen molar-refractivity contribution in [2.45, 2.75) is 119 Å². The van der Waals surface area contributed by atoms with Crippen LogP contribution >= 0.6 is 0 Å². The Labute approximate surface area is 370 Å². The zero-order valence-electron chi connectivity index (χ0n) is 38.9. The van der Waals surface area contributed by atoms with E-state index in [1.54, 1.807) is 80.5 Å². The van der Waals surface area contributed by atoms with Crippen molar-refractivity contribution in [1.29, 1.82) is 0 Å². The Morgan fingerprint density at radius 1 is 0.651 bits per heavy atom. The third-order valence-electron chi connectivity index (χ3n) is 9.34. The molecular formula is C48H66N2O13. The number of esters is 3. The number of hydrogen-bond donors (Lipinski definition) is 0. The number of ketones is 1. The van der Waals surface area contributed by atoms with Crippen LogP contribution in [0.15, 0.2) is 51.7 Å². The van der Waals surface area contributed by atoms with Gasteiger partial charge in [0, 0.05) is 53.5 Å². The first-order valence-corrected chi connectivity index (χ1v) is 21.6. The van der Waals surface area contributed by atoms with Crippen LogP contribution in [0, 0.1) is 5.41 Å². The Bertz CT molecular complexity index is 2120. The van der Waals surface area contributed by atoms with Gasteiger partial charge in [-0.05, 0) is 106 Å². The van der Waals surface area contributed by atoms with Gasteiger partial charge >= 0.3 is 17.9 Å². The topological polar surface area (TPSA) is 179 Å². The number of carbonyl (C=O) groups is 4. The Hall–Kier alpha value is -5.12. The summed E-state index contributed by atoms with van der Waals surface area (Å²) >= 11 is 0. The first-order chi connectivity index (χ1) is 29.5. The lowest BCUT2D eigenvalue weighted by Gasteiger charge is -2.33. The van der Waals surface area contributed by atoms with E-state index in [-0.39, 0.29) is 83.1 Å². The van der Waals surface area contributed by atoms with Gasteiger partial charge in [0.1, 0.15) is 40.4 Å². The Kier molecular flexibility index (Phi) is 17.6. The van der Waals surface area contributed by atoms with Gasteiger partial charge in [-0.3, -0.25) is 24.0 Å². The van der Waals surface area contributed by atoms with Gasteiger partial charge in [-0.25, -0.2) is 4.98 Å². The molecule has 0 saturated carbocycles. The lowest BCUT2D eigenvalue weighted by atomic mass is 9.85. The van der Waals surface area contributed by atoms with Crippen molar-refractivity contribution in [1.82, 2.24) is 4.98 Å². The highest BCUT2D eigenvalue weighted by Gasteiger charge is 2.35. The van der Waals surface area contributed by atoms with Crippen molar-refractivity contribution < 1.29 is 56.8 Å². The van der Waals surface area contributed by atoms with Gasteiger partial charge < -0.3 is 42.5 Å². The van der Waals surface area contributed by atoms with Crippen molar-refractivity contribution in [3.05, 3.63) is 52.7 Å². The number of aromatic nitrogens is 1. The van der Waals surface area contributed by atoms with Crippen LogP contribution in [0.25, 0.3) is 33.3 Å². The molecule has 2 aliphatic rings. The molecule has 15 heteroatoms. The fraction of sp³-hybridized carbons (Fsp3) is 0.583. The number of carbonyl (C=O) groups excluding carboxylic acids is 4. The summed E-state index contributed by atoms with van der Waals surface area (Å²) in [5.74, 6) is -1.05. The van der Waals surface area contributed by atoms with Gasteiger partial charge in [-0.15, -0.1) is 0 Å². The minimum absolute atomic E-state index is 0.0172. The minimum atomic E-state index is -1.15. The van der Waals surface area contributed by atoms with E-state index in [4.69, 9.17) is 42.6 Å². The maximum atomic E-state index is 13.9. The fourth-order valence-corrected chi connectivity index (χ4v) is 6.74. The van der Waals surface area contributed by atoms with E-state index in [1.807, 2.05) is 18.2 Å². The molecule has 0 saturated heterocycles. The number of anilines is 1. The monoisotopic (exact) mass is 878 g/mol. The number of Topliss-reactive ketones (excluding diaryl/α,β-unsaturated/α-hetero) is 1. The molecule has 0 N–H and O–H groups in total. The van der Waals surface area contributed by atoms with Crippen LogP contribution in [0.5, 0.6) is 5.75 Å². The number of hydrogen-bond acceptors (Lipinski definition) is 15. The number of rotatable bonds is 23. The molecule has 0 aromatic heterocycles. The summed E-state index contributed by atoms with van der Waals surface area (Å²) in [4.78, 5) is 71.7. The summed E-state index contributed by atoms with van der Waals surface area (Å²) in [6.07, 6.45) is -0.289. The van der Waals surface area contributed by atoms with Gasteiger partial charge in [0.25, 0.3) is 0 Å². The van der Waals surface area contributed by atoms with E-state index in [1.165, 1.54) is 6.07 Å². The molecule has 0 bridgehead atoms. The summed E-state index contributed by atoms with van der Waals surface area (Å²) in [5.41, 5.74) is -0.816. The fourth-order valence-electron chi connectivity index (χ4n) is 6.74. The summed E-state index contributed by atoms with van der Waals surface area (Å²) < 4.78 is 46.6. The second kappa shape index (κ2) is 22.0. The average Bonchev–Trinajstić information content (AvgIpc) is 3.17. The van der Waals surface area contributed by atoms with Crippen LogP contribution in [0.2, 0.25) is 0 Å². The molecule has 0 unspecified atom stereocenters. The standard InChI is InChI=1S/C48H66N2O13/c1-12-50(13-2)32-14-17-37-39(24-32)60-40-26-38(52)35-16-15-34(25-36(35)44(40)49-37)59-28-33(51)27-48(29-56-21-18-41(53)61-45(3,4)5,30-57-22-19-42(54)62-46(6,7)8)31-58-23-20-43(55)63-47(9,10)11/h14-17,24-26H,12-13,18-23,27-31H2,1-11H3. The third kappa shape index (κ3) is 16.5. The normalized spacial score (nSPS) is 12.4. The second-order valence-electron chi connectivity index (χ2n) is 18.6. The quantitative estimate of drug-likeness (QED) is 0.0231. The average molecular weight is 879 g/mol. The number of ether oxygens (including phenoxy) is 7. The van der Waals surface area contributed by atoms with Crippen molar-refractivity contribution in [3.63, 3.8) is 0 Å². The summed E-state index contributed by atoms with van der Waals surface area (Å²) in [6, 6.07) is 12.1. The van der Waals surface area contributed by atoms with E-state index in [0.29, 0.717) is 39.1 Å². The highest BCUT2D eigenvalue weighted by Crippen LogP contribution is 2.34. The molecule has 1 heterocycles. The van der Waals surface area contributed by atoms with Crippen LogP contribution in [-0.2, 0) is 47.6 Å². The van der Waals surface area contributed by atoms with E-state index in [0.717, 1.165) is 18.8 Å². The van der Waals surface area contributed by atoms with Gasteiger partial charge in [0.2, 0.25) is 0 Å². The molecule has 1 aliphatic carbocycles. The molecule has 4 rings (SSSR count). The van der Waals surface area contributed by atoms with E-state index in [9.17, 15) is 24.0 Å². The molecule has 15 nitrogen and oxygen atoms in total. The molecular weight excluding hydrogens is 813 g/mol. The van der Waals surface area contributed by atoms with Gasteiger partial charge in [0.05, 0.1) is 58.9 Å². The molecule has 0 atom stereocenters. The van der Waals surface area contributed by atoms with E-state index >= 15 is 0 Å². The molecule has 0 amide bonds. The predicted molar refractivity (Wildman–Crippen MR) is 239 cm³/mol. The summed E-state index contributed by atoms with van der Waals surface area (Å²) in [6.45, 7) is 21.0. The lowest BCUT2D eigenvalue weighted by Crippen LogP contribution is -2.41. The second-order valence-corrected chi connectivity index (χ2v) is 18.6. The molecule has 0 spiro atoms. The first kappa shape index (κ1) is 50.5. The third-order valence-corrected chi connectivity index (χ3v) is 9.34. The van der Waals surface area contributed by atoms with E-state index < -0.39 is 40.1 Å². The largest absolute Gasteiger partial charge is 0.486 e. The van der Waals surface area contributed by atoms with Crippen LogP contribution < -0.4 is 15.1 Å². The first-order valence-electron chi connectivity index (χ1n) is 21.6. The number of fused-ring (bicyclic) bond motifs is 4. The van der Waals surface area contributed by atoms with Gasteiger partial charge in [-0.1, -0.05) is 0 Å². The van der Waals surface area contributed by atoms with Gasteiger partial charge in [0.15, 0.2) is 22.6 Å². The zero-order chi connectivity index (χ0) is 46.6. The van der Waals surface area contributed by atoms with Crippen molar-refractivity contribution in [2.24, 2.45) is 5.41 Å².